The number of nitrogens with one attached hydrogen (secondary N) is 1. The zero-order chi connectivity index (χ0) is 47.4. The van der Waals surface area contributed by atoms with Gasteiger partial charge in [-0.3, -0.25) is 9.59 Å². The standard InChI is InChI=1S/C59H103NO5/c1-4-7-10-13-16-19-22-24-26-28-29-31-33-35-37-40-43-46-49-52-59(64)65-55(50-47-44-41-38-36-34-32-30-27-25-23-20-17-14-11-8-5-2)53-58(63)60-56(54-61)57(62)51-48-45-42-39-21-18-15-12-9-6-3/h7,10,16-17,19-20,24-27,29,31,35,37,55-57,61-62H,4-6,8-9,11-15,18,21-23,28,30,32-34,36,38-54H2,1-3H3,(H,60,63)/b10-7-,19-16-,20-17-,26-24-,27-25-,31-29-,37-35-. The molecule has 0 aliphatic carbocycles. The summed E-state index contributed by atoms with van der Waals surface area (Å²) in [5.74, 6) is -0.521. The Kier molecular flexibility index (Phi) is 49.6. The van der Waals surface area contributed by atoms with Crippen LogP contribution in [0, 0.1) is 0 Å². The fourth-order valence-electron chi connectivity index (χ4n) is 7.84. The number of esters is 1. The van der Waals surface area contributed by atoms with Gasteiger partial charge in [-0.05, 0) is 103 Å². The van der Waals surface area contributed by atoms with Crippen molar-refractivity contribution < 1.29 is 24.5 Å². The molecule has 0 saturated heterocycles. The van der Waals surface area contributed by atoms with Gasteiger partial charge in [0.05, 0.1) is 25.2 Å². The molecular weight excluding hydrogens is 803 g/mol. The molecule has 6 nitrogen and oxygen atoms in total. The molecule has 0 aromatic carbocycles. The summed E-state index contributed by atoms with van der Waals surface area (Å²) in [6, 6.07) is -0.715. The Morgan fingerprint density at radius 3 is 1.29 bits per heavy atom. The van der Waals surface area contributed by atoms with Crippen LogP contribution >= 0.6 is 0 Å². The lowest BCUT2D eigenvalue weighted by atomic mass is 10.0. The highest BCUT2D eigenvalue weighted by molar-refractivity contribution is 5.77. The smallest absolute Gasteiger partial charge is 0.306 e. The van der Waals surface area contributed by atoms with E-state index in [0.29, 0.717) is 19.3 Å². The van der Waals surface area contributed by atoms with Gasteiger partial charge in [-0.15, -0.1) is 0 Å². The van der Waals surface area contributed by atoms with E-state index in [-0.39, 0.29) is 24.9 Å². The molecule has 0 rings (SSSR count). The van der Waals surface area contributed by atoms with Gasteiger partial charge in [0.15, 0.2) is 0 Å². The van der Waals surface area contributed by atoms with Crippen molar-refractivity contribution in [3.63, 3.8) is 0 Å². The number of ether oxygens (including phenoxy) is 1. The van der Waals surface area contributed by atoms with Crippen molar-refractivity contribution in [3.8, 4) is 0 Å². The second-order valence-corrected chi connectivity index (χ2v) is 18.2. The summed E-state index contributed by atoms with van der Waals surface area (Å²) in [6.07, 6.45) is 67.8. The number of hydrogen-bond donors (Lipinski definition) is 3. The monoisotopic (exact) mass is 906 g/mol. The van der Waals surface area contributed by atoms with E-state index in [9.17, 15) is 19.8 Å². The van der Waals surface area contributed by atoms with E-state index >= 15 is 0 Å². The quantitative estimate of drug-likeness (QED) is 0.0321. The fourth-order valence-corrected chi connectivity index (χ4v) is 7.84. The summed E-state index contributed by atoms with van der Waals surface area (Å²) >= 11 is 0. The lowest BCUT2D eigenvalue weighted by Crippen LogP contribution is -2.46. The number of unbranched alkanes of at least 4 members (excludes halogenated alkanes) is 22. The molecule has 0 fully saturated rings. The summed E-state index contributed by atoms with van der Waals surface area (Å²) in [6.45, 7) is 6.33. The van der Waals surface area contributed by atoms with Crippen LogP contribution in [0.4, 0.5) is 0 Å². The first kappa shape index (κ1) is 62.0. The predicted octanol–water partition coefficient (Wildman–Crippen LogP) is 16.7. The van der Waals surface area contributed by atoms with Crippen LogP contribution in [0.25, 0.3) is 0 Å². The molecule has 65 heavy (non-hydrogen) atoms. The molecule has 0 spiro atoms. The molecule has 0 aromatic heterocycles. The fraction of sp³-hybridized carbons (Fsp3) is 0.729. The molecule has 0 heterocycles. The van der Waals surface area contributed by atoms with Crippen LogP contribution in [0.2, 0.25) is 0 Å². The average Bonchev–Trinajstić information content (AvgIpc) is 3.30. The van der Waals surface area contributed by atoms with Gasteiger partial charge in [0.1, 0.15) is 6.10 Å². The topological polar surface area (TPSA) is 95.9 Å². The lowest BCUT2D eigenvalue weighted by Gasteiger charge is -2.24. The minimum Gasteiger partial charge on any atom is -0.462 e. The van der Waals surface area contributed by atoms with Crippen LogP contribution in [-0.4, -0.2) is 46.9 Å². The van der Waals surface area contributed by atoms with Gasteiger partial charge >= 0.3 is 5.97 Å². The molecule has 0 radical (unpaired) electrons. The summed E-state index contributed by atoms with van der Waals surface area (Å²) in [4.78, 5) is 26.2. The highest BCUT2D eigenvalue weighted by Crippen LogP contribution is 2.17. The summed E-state index contributed by atoms with van der Waals surface area (Å²) in [7, 11) is 0. The number of carbonyl (C=O) groups excluding carboxylic acids is 2. The molecule has 0 bridgehead atoms. The van der Waals surface area contributed by atoms with Crippen LogP contribution in [-0.2, 0) is 14.3 Å². The van der Waals surface area contributed by atoms with Gasteiger partial charge in [0.25, 0.3) is 0 Å². The molecule has 6 heteroatoms. The zero-order valence-electron chi connectivity index (χ0n) is 42.6. The molecule has 1 amide bonds. The molecule has 3 atom stereocenters. The summed E-state index contributed by atoms with van der Waals surface area (Å²) < 4.78 is 5.93. The Labute approximate surface area is 402 Å². The predicted molar refractivity (Wildman–Crippen MR) is 282 cm³/mol. The highest BCUT2D eigenvalue weighted by Gasteiger charge is 2.24. The van der Waals surface area contributed by atoms with Crippen molar-refractivity contribution in [2.45, 2.75) is 270 Å². The first-order valence-corrected chi connectivity index (χ1v) is 27.3. The van der Waals surface area contributed by atoms with Gasteiger partial charge in [-0.1, -0.05) is 221 Å². The van der Waals surface area contributed by atoms with Crippen molar-refractivity contribution in [1.82, 2.24) is 5.32 Å². The molecule has 3 unspecified atom stereocenters. The minimum absolute atomic E-state index is 0.0550. The number of rotatable bonds is 48. The lowest BCUT2D eigenvalue weighted by molar-refractivity contribution is -0.151. The van der Waals surface area contributed by atoms with Crippen molar-refractivity contribution in [2.75, 3.05) is 6.61 Å². The van der Waals surface area contributed by atoms with Crippen molar-refractivity contribution >= 4 is 11.9 Å². The molecule has 0 aromatic rings. The Bertz CT molecular complexity index is 1250. The number of allylic oxidation sites excluding steroid dienone is 14. The summed E-state index contributed by atoms with van der Waals surface area (Å²) in [5, 5.41) is 23.8. The number of carbonyl (C=O) groups is 2. The summed E-state index contributed by atoms with van der Waals surface area (Å²) in [5.41, 5.74) is 0. The van der Waals surface area contributed by atoms with E-state index in [0.717, 1.165) is 109 Å². The van der Waals surface area contributed by atoms with E-state index in [2.05, 4.69) is 111 Å². The Morgan fingerprint density at radius 1 is 0.462 bits per heavy atom. The SMILES string of the molecule is CC/C=C\C/C=C\C/C=C\C/C=C\C/C=C\CCCCCC(=O)OC(CCCCCCCCC/C=C\C/C=C\CCCCC)CC(=O)NC(CO)C(O)CCCCCCCCCCCC. The van der Waals surface area contributed by atoms with Gasteiger partial charge in [0, 0.05) is 6.42 Å². The molecule has 3 N–H and O–H groups in total. The van der Waals surface area contributed by atoms with E-state index < -0.39 is 18.2 Å². The molecule has 374 valence electrons. The van der Waals surface area contributed by atoms with E-state index in [1.807, 2.05) is 0 Å². The van der Waals surface area contributed by atoms with Crippen molar-refractivity contribution in [2.24, 2.45) is 0 Å². The van der Waals surface area contributed by atoms with Crippen LogP contribution in [0.3, 0.4) is 0 Å². The van der Waals surface area contributed by atoms with E-state index in [1.165, 1.54) is 96.3 Å². The van der Waals surface area contributed by atoms with Crippen LogP contribution < -0.4 is 5.32 Å². The normalized spacial score (nSPS) is 13.9. The number of hydrogen-bond acceptors (Lipinski definition) is 5. The van der Waals surface area contributed by atoms with Gasteiger partial charge in [-0.2, -0.15) is 0 Å². The first-order chi connectivity index (χ1) is 32.0. The van der Waals surface area contributed by atoms with E-state index in [1.54, 1.807) is 0 Å². The minimum atomic E-state index is -0.799. The third-order valence-corrected chi connectivity index (χ3v) is 12.0. The Balaban J connectivity index is 4.66. The average molecular weight is 906 g/mol. The van der Waals surface area contributed by atoms with Crippen molar-refractivity contribution in [1.29, 1.82) is 0 Å². The third-order valence-electron chi connectivity index (χ3n) is 12.0. The molecule has 0 saturated carbocycles. The Morgan fingerprint density at radius 2 is 0.831 bits per heavy atom. The highest BCUT2D eigenvalue weighted by atomic mass is 16.5. The van der Waals surface area contributed by atoms with Gasteiger partial charge in [-0.25, -0.2) is 0 Å². The number of aliphatic hydroxyl groups excluding tert-OH is 2. The van der Waals surface area contributed by atoms with Gasteiger partial charge < -0.3 is 20.3 Å². The maximum atomic E-state index is 13.2. The van der Waals surface area contributed by atoms with E-state index in [4.69, 9.17) is 4.74 Å². The zero-order valence-corrected chi connectivity index (χ0v) is 42.6. The van der Waals surface area contributed by atoms with Crippen LogP contribution in [0.5, 0.6) is 0 Å². The number of aliphatic hydroxyl groups is 2. The maximum absolute atomic E-state index is 13.2. The van der Waals surface area contributed by atoms with Crippen molar-refractivity contribution in [3.05, 3.63) is 85.1 Å². The third kappa shape index (κ3) is 47.3. The largest absolute Gasteiger partial charge is 0.462 e. The second kappa shape index (κ2) is 52.0. The molecule has 0 aliphatic rings. The first-order valence-electron chi connectivity index (χ1n) is 27.3. The van der Waals surface area contributed by atoms with Gasteiger partial charge in [0.2, 0.25) is 5.91 Å². The molecule has 0 aliphatic heterocycles. The van der Waals surface area contributed by atoms with Crippen LogP contribution in [0.15, 0.2) is 85.1 Å². The Hall–Kier alpha value is -2.96. The second-order valence-electron chi connectivity index (χ2n) is 18.2. The van der Waals surface area contributed by atoms with Crippen LogP contribution in [0.1, 0.15) is 252 Å². The number of amides is 1. The molecular formula is C59H103NO5. The maximum Gasteiger partial charge on any atom is 0.306 e.